The Morgan fingerprint density at radius 1 is 1.50 bits per heavy atom. The molecular weight excluding hydrogens is 236 g/mol. The highest BCUT2D eigenvalue weighted by Gasteiger charge is 2.30. The van der Waals surface area contributed by atoms with Crippen LogP contribution in [0, 0.1) is 0 Å². The zero-order valence-corrected chi connectivity index (χ0v) is 11.1. The average molecular weight is 258 g/mol. The van der Waals surface area contributed by atoms with Crippen molar-refractivity contribution >= 4 is 12.0 Å². The number of ether oxygens (including phenoxy) is 1. The van der Waals surface area contributed by atoms with Crippen molar-refractivity contribution in [2.24, 2.45) is 0 Å². The summed E-state index contributed by atoms with van der Waals surface area (Å²) in [5.74, 6) is -0.895. The molecule has 104 valence electrons. The van der Waals surface area contributed by atoms with Crippen LogP contribution in [0.2, 0.25) is 0 Å². The van der Waals surface area contributed by atoms with Gasteiger partial charge in [-0.1, -0.05) is 0 Å². The zero-order chi connectivity index (χ0) is 13.6. The molecule has 1 aliphatic heterocycles. The van der Waals surface area contributed by atoms with Gasteiger partial charge in [0.05, 0.1) is 18.6 Å². The topological polar surface area (TPSA) is 78.9 Å². The standard InChI is InChI=1S/C12H22N2O4/c1-3-14(7-5-10(15)16)11(17)13-12(2)6-4-8-18-9-12/h3-9H2,1-2H3,(H,13,17)(H,15,16). The Balaban J connectivity index is 2.47. The van der Waals surface area contributed by atoms with E-state index in [0.29, 0.717) is 13.2 Å². The molecule has 0 aromatic carbocycles. The van der Waals surface area contributed by atoms with Crippen molar-refractivity contribution in [3.8, 4) is 0 Å². The smallest absolute Gasteiger partial charge is 0.317 e. The molecule has 0 aromatic heterocycles. The van der Waals surface area contributed by atoms with Gasteiger partial charge in [-0.2, -0.15) is 0 Å². The lowest BCUT2D eigenvalue weighted by atomic mass is 9.95. The summed E-state index contributed by atoms with van der Waals surface area (Å²) >= 11 is 0. The molecule has 1 heterocycles. The van der Waals surface area contributed by atoms with E-state index in [4.69, 9.17) is 9.84 Å². The molecule has 0 aromatic rings. The highest BCUT2D eigenvalue weighted by atomic mass is 16.5. The van der Waals surface area contributed by atoms with Crippen molar-refractivity contribution in [3.63, 3.8) is 0 Å². The maximum Gasteiger partial charge on any atom is 0.317 e. The van der Waals surface area contributed by atoms with Gasteiger partial charge < -0.3 is 20.1 Å². The first kappa shape index (κ1) is 14.8. The summed E-state index contributed by atoms with van der Waals surface area (Å²) in [6, 6.07) is -0.216. The van der Waals surface area contributed by atoms with E-state index in [1.165, 1.54) is 4.90 Å². The van der Waals surface area contributed by atoms with Crippen molar-refractivity contribution in [2.45, 2.75) is 38.6 Å². The molecule has 6 heteroatoms. The van der Waals surface area contributed by atoms with Gasteiger partial charge in [0, 0.05) is 19.7 Å². The number of carboxylic acids is 1. The summed E-state index contributed by atoms with van der Waals surface area (Å²) in [6.45, 7) is 5.76. The third kappa shape index (κ3) is 4.52. The number of amides is 2. The van der Waals surface area contributed by atoms with Gasteiger partial charge in [0.15, 0.2) is 0 Å². The second kappa shape index (κ2) is 6.58. The molecule has 0 bridgehead atoms. The van der Waals surface area contributed by atoms with E-state index < -0.39 is 5.97 Å². The quantitative estimate of drug-likeness (QED) is 0.773. The van der Waals surface area contributed by atoms with Crippen molar-refractivity contribution < 1.29 is 19.4 Å². The van der Waals surface area contributed by atoms with Gasteiger partial charge in [-0.3, -0.25) is 4.79 Å². The number of hydrogen-bond acceptors (Lipinski definition) is 3. The molecule has 0 spiro atoms. The number of rotatable bonds is 5. The largest absolute Gasteiger partial charge is 0.481 e. The minimum Gasteiger partial charge on any atom is -0.481 e. The number of carbonyl (C=O) groups excluding carboxylic acids is 1. The monoisotopic (exact) mass is 258 g/mol. The van der Waals surface area contributed by atoms with Crippen molar-refractivity contribution in [1.29, 1.82) is 0 Å². The molecule has 1 rings (SSSR count). The number of urea groups is 1. The highest BCUT2D eigenvalue weighted by molar-refractivity contribution is 5.76. The number of carbonyl (C=O) groups is 2. The second-order valence-corrected chi connectivity index (χ2v) is 4.87. The maximum atomic E-state index is 12.0. The van der Waals surface area contributed by atoms with Gasteiger partial charge in [0.25, 0.3) is 0 Å². The number of carboxylic acid groups (broad SMARTS) is 1. The fourth-order valence-corrected chi connectivity index (χ4v) is 2.00. The zero-order valence-electron chi connectivity index (χ0n) is 11.1. The first-order valence-electron chi connectivity index (χ1n) is 6.33. The molecule has 1 aliphatic rings. The summed E-state index contributed by atoms with van der Waals surface area (Å²) < 4.78 is 5.37. The number of hydrogen-bond donors (Lipinski definition) is 2. The lowest BCUT2D eigenvalue weighted by molar-refractivity contribution is -0.137. The maximum absolute atomic E-state index is 12.0. The minimum absolute atomic E-state index is 0.0333. The molecule has 0 aliphatic carbocycles. The van der Waals surface area contributed by atoms with Gasteiger partial charge in [-0.05, 0) is 26.7 Å². The third-order valence-electron chi connectivity index (χ3n) is 3.11. The van der Waals surface area contributed by atoms with Crippen molar-refractivity contribution in [3.05, 3.63) is 0 Å². The van der Waals surface area contributed by atoms with E-state index in [1.54, 1.807) is 0 Å². The summed E-state index contributed by atoms with van der Waals surface area (Å²) in [6.07, 6.45) is 1.78. The van der Waals surface area contributed by atoms with Crippen LogP contribution in [0.25, 0.3) is 0 Å². The van der Waals surface area contributed by atoms with Crippen LogP contribution in [0.5, 0.6) is 0 Å². The molecule has 6 nitrogen and oxygen atoms in total. The van der Waals surface area contributed by atoms with Gasteiger partial charge >= 0.3 is 12.0 Å². The SMILES string of the molecule is CCN(CCC(=O)O)C(=O)NC1(C)CCCOC1. The number of nitrogens with zero attached hydrogens (tertiary/aromatic N) is 1. The lowest BCUT2D eigenvalue weighted by Crippen LogP contribution is -2.55. The molecule has 2 N–H and O–H groups in total. The van der Waals surface area contributed by atoms with Crippen molar-refractivity contribution in [2.75, 3.05) is 26.3 Å². The number of nitrogens with one attached hydrogen (secondary N) is 1. The fraction of sp³-hybridized carbons (Fsp3) is 0.833. The Bertz CT molecular complexity index is 300. The predicted octanol–water partition coefficient (Wildman–Crippen LogP) is 1.06. The van der Waals surface area contributed by atoms with Gasteiger partial charge in [-0.15, -0.1) is 0 Å². The first-order valence-corrected chi connectivity index (χ1v) is 6.33. The van der Waals surface area contributed by atoms with E-state index in [2.05, 4.69) is 5.32 Å². The summed E-state index contributed by atoms with van der Waals surface area (Å²) in [7, 11) is 0. The van der Waals surface area contributed by atoms with E-state index in [9.17, 15) is 9.59 Å². The Morgan fingerprint density at radius 3 is 2.72 bits per heavy atom. The molecule has 0 radical (unpaired) electrons. The normalized spacial score (nSPS) is 23.4. The van der Waals surface area contributed by atoms with Crippen LogP contribution in [0.1, 0.15) is 33.1 Å². The molecular formula is C12H22N2O4. The summed E-state index contributed by atoms with van der Waals surface area (Å²) in [5, 5.41) is 11.6. The third-order valence-corrected chi connectivity index (χ3v) is 3.11. The Morgan fingerprint density at radius 2 is 2.22 bits per heavy atom. The second-order valence-electron chi connectivity index (χ2n) is 4.87. The van der Waals surface area contributed by atoms with Crippen LogP contribution in [0.15, 0.2) is 0 Å². The highest BCUT2D eigenvalue weighted by Crippen LogP contribution is 2.18. The van der Waals surface area contributed by atoms with Gasteiger partial charge in [0.2, 0.25) is 0 Å². The fourth-order valence-electron chi connectivity index (χ4n) is 2.00. The van der Waals surface area contributed by atoms with E-state index >= 15 is 0 Å². The van der Waals surface area contributed by atoms with Gasteiger partial charge in [0.1, 0.15) is 0 Å². The van der Waals surface area contributed by atoms with Crippen LogP contribution >= 0.6 is 0 Å². The molecule has 1 unspecified atom stereocenters. The van der Waals surface area contributed by atoms with Gasteiger partial charge in [-0.25, -0.2) is 4.79 Å². The average Bonchev–Trinajstić information content (AvgIpc) is 2.29. The van der Waals surface area contributed by atoms with E-state index in [0.717, 1.165) is 19.4 Å². The molecule has 2 amide bonds. The first-order chi connectivity index (χ1) is 8.47. The van der Waals surface area contributed by atoms with E-state index in [-0.39, 0.29) is 24.5 Å². The summed E-state index contributed by atoms with van der Waals surface area (Å²) in [4.78, 5) is 24.1. The molecule has 0 saturated carbocycles. The van der Waals surface area contributed by atoms with Crippen LogP contribution in [0.4, 0.5) is 4.79 Å². The number of aliphatic carboxylic acids is 1. The Kier molecular flexibility index (Phi) is 5.40. The minimum atomic E-state index is -0.895. The van der Waals surface area contributed by atoms with Crippen molar-refractivity contribution in [1.82, 2.24) is 10.2 Å². The van der Waals surface area contributed by atoms with Crippen LogP contribution in [0.3, 0.4) is 0 Å². The van der Waals surface area contributed by atoms with E-state index in [1.807, 2.05) is 13.8 Å². The molecule has 18 heavy (non-hydrogen) atoms. The Labute approximate surface area is 107 Å². The Hall–Kier alpha value is -1.30. The lowest BCUT2D eigenvalue weighted by Gasteiger charge is -2.36. The van der Waals surface area contributed by atoms with Crippen LogP contribution in [-0.4, -0.2) is 53.8 Å². The molecule has 1 atom stereocenters. The molecule has 1 fully saturated rings. The predicted molar refractivity (Wildman–Crippen MR) is 66.5 cm³/mol. The molecule has 1 saturated heterocycles. The summed E-state index contributed by atoms with van der Waals surface area (Å²) in [5.41, 5.74) is -0.341. The van der Waals surface area contributed by atoms with Crippen LogP contribution in [-0.2, 0) is 9.53 Å². The van der Waals surface area contributed by atoms with Crippen LogP contribution < -0.4 is 5.32 Å².